The Morgan fingerprint density at radius 2 is 1.89 bits per heavy atom. The molecule has 9 heteroatoms. The molecule has 2 aromatic rings. The summed E-state index contributed by atoms with van der Waals surface area (Å²) in [7, 11) is -3.34. The number of rotatable bonds is 8. The van der Waals surface area contributed by atoms with Gasteiger partial charge in [-0.3, -0.25) is 13.8 Å². The standard InChI is InChI=1S/C18H22N3O4PS/c1-3-24-26(23,25-4-2)19-12-15-9-7-11-17(20-15)27-13-14-8-5-6-10-16(14)18(22)21-27/h5-11H,3-4,12-13H2,1-2H3,(H-,19,21,22,23)/p+1. The molecule has 1 unspecified atom stereocenters. The van der Waals surface area contributed by atoms with E-state index in [2.05, 4.69) is 14.8 Å². The van der Waals surface area contributed by atoms with Crippen molar-refractivity contribution in [1.82, 2.24) is 14.8 Å². The van der Waals surface area contributed by atoms with Gasteiger partial charge in [-0.1, -0.05) is 24.3 Å². The zero-order chi connectivity index (χ0) is 19.3. The van der Waals surface area contributed by atoms with Crippen molar-refractivity contribution < 1.29 is 18.4 Å². The third kappa shape index (κ3) is 4.97. The average molecular weight is 408 g/mol. The molecular weight excluding hydrogens is 385 g/mol. The Morgan fingerprint density at radius 1 is 1.15 bits per heavy atom. The Hall–Kier alpha value is -1.70. The van der Waals surface area contributed by atoms with Crippen LogP contribution in [0.15, 0.2) is 47.5 Å². The molecule has 1 aliphatic rings. The van der Waals surface area contributed by atoms with Crippen LogP contribution in [0.25, 0.3) is 0 Å². The summed E-state index contributed by atoms with van der Waals surface area (Å²) in [4.78, 5) is 17.0. The van der Waals surface area contributed by atoms with Gasteiger partial charge < -0.3 is 0 Å². The minimum absolute atomic E-state index is 0.0808. The molecule has 0 aliphatic carbocycles. The smallest absolute Gasteiger partial charge is 0.297 e. The third-order valence-electron chi connectivity index (χ3n) is 3.86. The molecule has 0 fully saturated rings. The summed E-state index contributed by atoms with van der Waals surface area (Å²) in [5, 5.41) is 3.62. The van der Waals surface area contributed by atoms with Gasteiger partial charge in [0.05, 0.1) is 24.5 Å². The van der Waals surface area contributed by atoms with E-state index in [1.54, 1.807) is 13.8 Å². The van der Waals surface area contributed by atoms with E-state index in [0.29, 0.717) is 17.0 Å². The van der Waals surface area contributed by atoms with Gasteiger partial charge in [0.1, 0.15) is 0 Å². The van der Waals surface area contributed by atoms with Crippen LogP contribution in [-0.4, -0.2) is 24.1 Å². The fraction of sp³-hybridized carbons (Fsp3) is 0.333. The molecule has 144 valence electrons. The first-order valence-electron chi connectivity index (χ1n) is 8.74. The molecule has 2 heterocycles. The van der Waals surface area contributed by atoms with Crippen LogP contribution in [0.3, 0.4) is 0 Å². The van der Waals surface area contributed by atoms with E-state index in [9.17, 15) is 9.36 Å². The van der Waals surface area contributed by atoms with E-state index in [-0.39, 0.29) is 25.7 Å². The van der Waals surface area contributed by atoms with Crippen LogP contribution in [0.1, 0.15) is 35.5 Å². The molecule has 1 aliphatic heterocycles. The molecule has 0 saturated carbocycles. The van der Waals surface area contributed by atoms with Gasteiger partial charge in [0.15, 0.2) is 16.8 Å². The number of hydrogen-bond acceptors (Lipinski definition) is 5. The first-order valence-corrected chi connectivity index (χ1v) is 11.7. The maximum absolute atomic E-state index is 12.5. The summed E-state index contributed by atoms with van der Waals surface area (Å²) in [6.45, 7) is 4.33. The predicted molar refractivity (Wildman–Crippen MR) is 105 cm³/mol. The lowest BCUT2D eigenvalue weighted by atomic mass is 10.1. The Labute approximate surface area is 161 Å². The molecular formula is C18H23N3O4PS+. The topological polar surface area (TPSA) is 89.5 Å². The number of amides is 1. The van der Waals surface area contributed by atoms with E-state index in [1.807, 2.05) is 42.5 Å². The molecule has 1 aromatic heterocycles. The second-order valence-corrected chi connectivity index (χ2v) is 9.28. The number of nitrogens with one attached hydrogen (secondary N) is 2. The molecule has 3 rings (SSSR count). The van der Waals surface area contributed by atoms with E-state index in [1.165, 1.54) is 0 Å². The summed E-state index contributed by atoms with van der Waals surface area (Å²) in [6.07, 6.45) is 0. The summed E-state index contributed by atoms with van der Waals surface area (Å²) in [5.74, 6) is 0.630. The second kappa shape index (κ2) is 8.99. The summed E-state index contributed by atoms with van der Waals surface area (Å²) < 4.78 is 26.0. The van der Waals surface area contributed by atoms with Crippen molar-refractivity contribution in [3.8, 4) is 0 Å². The SMILES string of the molecule is CCOP(=O)(NCc1cccc([S+]2Cc3ccccc3C(=O)N2)n1)OCC. The molecule has 0 radical (unpaired) electrons. The van der Waals surface area contributed by atoms with Gasteiger partial charge in [-0.05, 0) is 26.0 Å². The lowest BCUT2D eigenvalue weighted by Gasteiger charge is -2.18. The lowest BCUT2D eigenvalue weighted by molar-refractivity contribution is 0.0980. The van der Waals surface area contributed by atoms with Crippen molar-refractivity contribution in [3.05, 3.63) is 59.3 Å². The molecule has 27 heavy (non-hydrogen) atoms. The van der Waals surface area contributed by atoms with E-state index >= 15 is 0 Å². The van der Waals surface area contributed by atoms with Gasteiger partial charge in [0.2, 0.25) is 0 Å². The summed E-state index contributed by atoms with van der Waals surface area (Å²) in [6, 6.07) is 13.2. The highest BCUT2D eigenvalue weighted by Gasteiger charge is 2.35. The van der Waals surface area contributed by atoms with Gasteiger partial charge in [-0.2, -0.15) is 4.72 Å². The van der Waals surface area contributed by atoms with Crippen molar-refractivity contribution in [1.29, 1.82) is 0 Å². The second-order valence-electron chi connectivity index (χ2n) is 5.76. The predicted octanol–water partition coefficient (Wildman–Crippen LogP) is 3.19. The summed E-state index contributed by atoms with van der Waals surface area (Å²) >= 11 is -0.511. The number of aromatic nitrogens is 1. The fourth-order valence-corrected chi connectivity index (χ4v) is 5.68. The van der Waals surface area contributed by atoms with Crippen LogP contribution in [0.2, 0.25) is 0 Å². The van der Waals surface area contributed by atoms with Crippen LogP contribution in [0, 0.1) is 0 Å². The zero-order valence-corrected chi connectivity index (χ0v) is 17.0. The highest BCUT2D eigenvalue weighted by Crippen LogP contribution is 2.43. The molecule has 2 N–H and O–H groups in total. The number of pyridine rings is 1. The van der Waals surface area contributed by atoms with Crippen LogP contribution >= 0.6 is 7.75 Å². The first kappa shape index (κ1) is 20.0. The average Bonchev–Trinajstić information content (AvgIpc) is 2.67. The number of carbonyl (C=O) groups excluding carboxylic acids is 1. The Morgan fingerprint density at radius 3 is 2.63 bits per heavy atom. The van der Waals surface area contributed by atoms with Crippen LogP contribution in [0.4, 0.5) is 0 Å². The minimum Gasteiger partial charge on any atom is -0.297 e. The molecule has 1 atom stereocenters. The number of fused-ring (bicyclic) bond motifs is 1. The summed E-state index contributed by atoms with van der Waals surface area (Å²) in [5.41, 5.74) is 2.44. The van der Waals surface area contributed by atoms with Crippen LogP contribution in [-0.2, 0) is 37.0 Å². The first-order chi connectivity index (χ1) is 13.0. The number of benzene rings is 1. The normalized spacial score (nSPS) is 16.7. The van der Waals surface area contributed by atoms with Gasteiger partial charge in [-0.15, -0.1) is 0 Å². The van der Waals surface area contributed by atoms with Crippen LogP contribution < -0.4 is 9.81 Å². The van der Waals surface area contributed by atoms with E-state index in [0.717, 1.165) is 10.6 Å². The fourth-order valence-electron chi connectivity index (χ4n) is 2.69. The van der Waals surface area contributed by atoms with Gasteiger partial charge >= 0.3 is 7.75 Å². The third-order valence-corrected chi connectivity index (χ3v) is 7.37. The van der Waals surface area contributed by atoms with Gasteiger partial charge in [-0.25, -0.2) is 14.6 Å². The van der Waals surface area contributed by atoms with Gasteiger partial charge in [0.25, 0.3) is 10.9 Å². The molecule has 7 nitrogen and oxygen atoms in total. The Bertz CT molecular complexity index is 854. The number of nitrogens with zero attached hydrogens (tertiary/aromatic N) is 1. The maximum atomic E-state index is 12.5. The van der Waals surface area contributed by atoms with Crippen molar-refractivity contribution >= 4 is 24.7 Å². The van der Waals surface area contributed by atoms with E-state index < -0.39 is 18.8 Å². The Balaban J connectivity index is 1.73. The molecule has 1 amide bonds. The highest BCUT2D eigenvalue weighted by molar-refractivity contribution is 7.94. The van der Waals surface area contributed by atoms with Crippen LogP contribution in [0.5, 0.6) is 0 Å². The largest absolute Gasteiger partial charge is 0.405 e. The number of carbonyl (C=O) groups is 1. The molecule has 0 spiro atoms. The molecule has 0 bridgehead atoms. The molecule has 1 aromatic carbocycles. The zero-order valence-electron chi connectivity index (χ0n) is 15.3. The number of hydrogen-bond donors (Lipinski definition) is 2. The highest BCUT2D eigenvalue weighted by atomic mass is 32.2. The van der Waals surface area contributed by atoms with E-state index in [4.69, 9.17) is 9.05 Å². The maximum Gasteiger partial charge on any atom is 0.405 e. The van der Waals surface area contributed by atoms with Crippen molar-refractivity contribution in [2.75, 3.05) is 13.2 Å². The monoisotopic (exact) mass is 408 g/mol. The quantitative estimate of drug-likeness (QED) is 0.515. The minimum atomic E-state index is -3.34. The van der Waals surface area contributed by atoms with Crippen molar-refractivity contribution in [3.63, 3.8) is 0 Å². The Kier molecular flexibility index (Phi) is 6.68. The van der Waals surface area contributed by atoms with Gasteiger partial charge in [0, 0.05) is 18.2 Å². The lowest BCUT2D eigenvalue weighted by Crippen LogP contribution is -2.37. The van der Waals surface area contributed by atoms with Crippen molar-refractivity contribution in [2.24, 2.45) is 0 Å². The molecule has 0 saturated heterocycles. The van der Waals surface area contributed by atoms with Crippen molar-refractivity contribution in [2.45, 2.75) is 31.2 Å².